The molecule has 0 radical (unpaired) electrons. The van der Waals surface area contributed by atoms with Crippen LogP contribution < -0.4 is 15.4 Å². The molecule has 2 aromatic carbocycles. The summed E-state index contributed by atoms with van der Waals surface area (Å²) in [4.78, 5) is 16.8. The van der Waals surface area contributed by atoms with E-state index in [4.69, 9.17) is 4.74 Å². The van der Waals surface area contributed by atoms with Crippen LogP contribution in [-0.4, -0.2) is 18.0 Å². The smallest absolute Gasteiger partial charge is 0.257 e. The fourth-order valence-corrected chi connectivity index (χ4v) is 2.96. The molecule has 1 amide bonds. The predicted octanol–water partition coefficient (Wildman–Crippen LogP) is 5.25. The number of para-hydroxylation sites is 1. The SMILES string of the molecule is COc1ccccc1CNc1cncc(C(=O)Nc2ccc(C(C)(C)C)cc2)c1. The van der Waals surface area contributed by atoms with E-state index in [1.165, 1.54) is 5.56 Å². The molecule has 1 aromatic heterocycles. The summed E-state index contributed by atoms with van der Waals surface area (Å²) in [5.74, 6) is 0.627. The van der Waals surface area contributed by atoms with Crippen molar-refractivity contribution in [2.75, 3.05) is 17.7 Å². The maximum atomic E-state index is 12.6. The summed E-state index contributed by atoms with van der Waals surface area (Å²) in [5, 5.41) is 6.23. The number of benzene rings is 2. The molecule has 29 heavy (non-hydrogen) atoms. The van der Waals surface area contributed by atoms with Gasteiger partial charge in [0.15, 0.2) is 0 Å². The van der Waals surface area contributed by atoms with Crippen molar-refractivity contribution in [1.82, 2.24) is 4.98 Å². The lowest BCUT2D eigenvalue weighted by Gasteiger charge is -2.19. The summed E-state index contributed by atoms with van der Waals surface area (Å²) in [7, 11) is 1.65. The summed E-state index contributed by atoms with van der Waals surface area (Å²) in [6.07, 6.45) is 3.26. The molecule has 0 saturated carbocycles. The van der Waals surface area contributed by atoms with Crippen LogP contribution in [0.5, 0.6) is 5.75 Å². The minimum atomic E-state index is -0.193. The minimum absolute atomic E-state index is 0.0773. The third-order valence-electron chi connectivity index (χ3n) is 4.68. The fourth-order valence-electron chi connectivity index (χ4n) is 2.96. The second kappa shape index (κ2) is 8.78. The van der Waals surface area contributed by atoms with Crippen LogP contribution >= 0.6 is 0 Å². The predicted molar refractivity (Wildman–Crippen MR) is 118 cm³/mol. The van der Waals surface area contributed by atoms with Crippen LogP contribution in [0.3, 0.4) is 0 Å². The zero-order valence-electron chi connectivity index (χ0n) is 17.3. The lowest BCUT2D eigenvalue weighted by molar-refractivity contribution is 0.102. The molecule has 0 fully saturated rings. The topological polar surface area (TPSA) is 63.2 Å². The van der Waals surface area contributed by atoms with Gasteiger partial charge in [-0.2, -0.15) is 0 Å². The van der Waals surface area contributed by atoms with E-state index in [0.29, 0.717) is 12.1 Å². The Morgan fingerprint density at radius 3 is 2.41 bits per heavy atom. The number of hydrogen-bond donors (Lipinski definition) is 2. The highest BCUT2D eigenvalue weighted by atomic mass is 16.5. The molecule has 1 heterocycles. The first-order valence-corrected chi connectivity index (χ1v) is 9.59. The highest BCUT2D eigenvalue weighted by molar-refractivity contribution is 6.04. The Balaban J connectivity index is 1.66. The molecule has 0 spiro atoms. The van der Waals surface area contributed by atoms with Gasteiger partial charge in [-0.05, 0) is 35.2 Å². The summed E-state index contributed by atoms with van der Waals surface area (Å²) in [6.45, 7) is 7.06. The molecule has 0 unspecified atom stereocenters. The molecule has 3 rings (SSSR count). The van der Waals surface area contributed by atoms with Gasteiger partial charge in [0.05, 0.1) is 18.4 Å². The lowest BCUT2D eigenvalue weighted by atomic mass is 9.87. The van der Waals surface area contributed by atoms with Crippen molar-refractivity contribution < 1.29 is 9.53 Å². The van der Waals surface area contributed by atoms with Crippen molar-refractivity contribution in [1.29, 1.82) is 0 Å². The molecule has 3 aromatic rings. The lowest BCUT2D eigenvalue weighted by Crippen LogP contribution is -2.14. The number of ether oxygens (including phenoxy) is 1. The summed E-state index contributed by atoms with van der Waals surface area (Å²) in [5.41, 5.74) is 4.36. The number of carbonyl (C=O) groups is 1. The van der Waals surface area contributed by atoms with Gasteiger partial charge < -0.3 is 15.4 Å². The van der Waals surface area contributed by atoms with Crippen LogP contribution in [0.4, 0.5) is 11.4 Å². The molecule has 0 atom stereocenters. The van der Waals surface area contributed by atoms with E-state index in [-0.39, 0.29) is 11.3 Å². The Hall–Kier alpha value is -3.34. The summed E-state index contributed by atoms with van der Waals surface area (Å²) >= 11 is 0. The maximum Gasteiger partial charge on any atom is 0.257 e. The van der Waals surface area contributed by atoms with Crippen LogP contribution in [0.2, 0.25) is 0 Å². The Labute approximate surface area is 172 Å². The second-order valence-electron chi connectivity index (χ2n) is 7.91. The maximum absolute atomic E-state index is 12.6. The second-order valence-corrected chi connectivity index (χ2v) is 7.91. The highest BCUT2D eigenvalue weighted by Crippen LogP contribution is 2.24. The van der Waals surface area contributed by atoms with Crippen molar-refractivity contribution in [3.63, 3.8) is 0 Å². The number of methoxy groups -OCH3 is 1. The van der Waals surface area contributed by atoms with Gasteiger partial charge >= 0.3 is 0 Å². The number of anilines is 2. The quantitative estimate of drug-likeness (QED) is 0.604. The van der Waals surface area contributed by atoms with Crippen molar-refractivity contribution in [3.05, 3.63) is 83.7 Å². The summed E-state index contributed by atoms with van der Waals surface area (Å²) in [6, 6.07) is 17.5. The first-order valence-electron chi connectivity index (χ1n) is 9.59. The summed E-state index contributed by atoms with van der Waals surface area (Å²) < 4.78 is 5.37. The molecule has 0 bridgehead atoms. The van der Waals surface area contributed by atoms with Crippen LogP contribution in [0.1, 0.15) is 42.3 Å². The van der Waals surface area contributed by atoms with Crippen LogP contribution in [0, 0.1) is 0 Å². The van der Waals surface area contributed by atoms with Crippen molar-refractivity contribution in [3.8, 4) is 5.75 Å². The molecule has 5 nitrogen and oxygen atoms in total. The molecule has 0 aliphatic carbocycles. The third kappa shape index (κ3) is 5.35. The standard InChI is InChI=1S/C24H27N3O2/c1-24(2,3)19-9-11-20(12-10-19)27-23(28)18-13-21(16-25-14-18)26-15-17-7-5-6-8-22(17)29-4/h5-14,16,26H,15H2,1-4H3,(H,27,28). The van der Waals surface area contributed by atoms with Gasteiger partial charge in [-0.1, -0.05) is 51.1 Å². The first-order chi connectivity index (χ1) is 13.9. The van der Waals surface area contributed by atoms with Crippen LogP contribution in [0.15, 0.2) is 67.0 Å². The Morgan fingerprint density at radius 1 is 1.00 bits per heavy atom. The van der Waals surface area contributed by atoms with E-state index in [1.807, 2.05) is 48.5 Å². The Kier molecular flexibility index (Phi) is 6.17. The Morgan fingerprint density at radius 2 is 1.72 bits per heavy atom. The largest absolute Gasteiger partial charge is 0.496 e. The number of amides is 1. The van der Waals surface area contributed by atoms with Gasteiger partial charge in [-0.25, -0.2) is 0 Å². The molecule has 2 N–H and O–H groups in total. The Bertz CT molecular complexity index is 976. The third-order valence-corrected chi connectivity index (χ3v) is 4.68. The zero-order chi connectivity index (χ0) is 20.9. The molecule has 0 saturated heterocycles. The van der Waals surface area contributed by atoms with Crippen molar-refractivity contribution in [2.24, 2.45) is 0 Å². The van der Waals surface area contributed by atoms with Crippen LogP contribution in [-0.2, 0) is 12.0 Å². The number of rotatable bonds is 6. The van der Waals surface area contributed by atoms with Gasteiger partial charge in [0.1, 0.15) is 5.75 Å². The van der Waals surface area contributed by atoms with Gasteiger partial charge in [-0.15, -0.1) is 0 Å². The van der Waals surface area contributed by atoms with E-state index < -0.39 is 0 Å². The monoisotopic (exact) mass is 389 g/mol. The van der Waals surface area contributed by atoms with E-state index >= 15 is 0 Å². The molecular weight excluding hydrogens is 362 g/mol. The average Bonchev–Trinajstić information content (AvgIpc) is 2.72. The molecule has 0 aliphatic rings. The number of nitrogens with one attached hydrogen (secondary N) is 2. The fraction of sp³-hybridized carbons (Fsp3) is 0.250. The van der Waals surface area contributed by atoms with Gasteiger partial charge in [-0.3, -0.25) is 9.78 Å². The number of nitrogens with zero attached hydrogens (tertiary/aromatic N) is 1. The van der Waals surface area contributed by atoms with Crippen LogP contribution in [0.25, 0.3) is 0 Å². The number of hydrogen-bond acceptors (Lipinski definition) is 4. The van der Waals surface area contributed by atoms with Crippen molar-refractivity contribution in [2.45, 2.75) is 32.7 Å². The van der Waals surface area contributed by atoms with E-state index in [2.05, 4.69) is 36.4 Å². The highest BCUT2D eigenvalue weighted by Gasteiger charge is 2.14. The van der Waals surface area contributed by atoms with E-state index in [0.717, 1.165) is 22.7 Å². The van der Waals surface area contributed by atoms with E-state index in [9.17, 15) is 4.79 Å². The normalized spacial score (nSPS) is 11.0. The van der Waals surface area contributed by atoms with Gasteiger partial charge in [0.2, 0.25) is 0 Å². The van der Waals surface area contributed by atoms with Gasteiger partial charge in [0, 0.05) is 30.2 Å². The average molecular weight is 389 g/mol. The molecule has 150 valence electrons. The van der Waals surface area contributed by atoms with Gasteiger partial charge in [0.25, 0.3) is 5.91 Å². The van der Waals surface area contributed by atoms with Crippen molar-refractivity contribution >= 4 is 17.3 Å². The first kappa shape index (κ1) is 20.4. The minimum Gasteiger partial charge on any atom is -0.496 e. The molecule has 0 aliphatic heterocycles. The number of pyridine rings is 1. The zero-order valence-corrected chi connectivity index (χ0v) is 17.3. The van der Waals surface area contributed by atoms with E-state index in [1.54, 1.807) is 25.6 Å². The molecular formula is C24H27N3O2. The number of carbonyl (C=O) groups excluding carboxylic acids is 1. The molecule has 5 heteroatoms. The number of aromatic nitrogens is 1.